The summed E-state index contributed by atoms with van der Waals surface area (Å²) in [7, 11) is 0. The summed E-state index contributed by atoms with van der Waals surface area (Å²) in [6.45, 7) is 3.32. The van der Waals surface area contributed by atoms with Crippen LogP contribution in [0.2, 0.25) is 0 Å². The summed E-state index contributed by atoms with van der Waals surface area (Å²) in [6, 6.07) is 16.9. The molecule has 0 fully saturated rings. The van der Waals surface area contributed by atoms with Gasteiger partial charge in [-0.1, -0.05) is 108 Å². The van der Waals surface area contributed by atoms with Crippen molar-refractivity contribution in [2.75, 3.05) is 11.9 Å². The van der Waals surface area contributed by atoms with Crippen molar-refractivity contribution < 1.29 is 0 Å². The molecule has 0 aliphatic carbocycles. The van der Waals surface area contributed by atoms with E-state index in [-0.39, 0.29) is 0 Å². The predicted molar refractivity (Wildman–Crippen MR) is 124 cm³/mol. The third kappa shape index (κ3) is 5.95. The largest absolute Gasteiger partial charge is 0.384 e. The Morgan fingerprint density at radius 2 is 1.07 bits per heavy atom. The van der Waals surface area contributed by atoms with Gasteiger partial charge in [-0.2, -0.15) is 0 Å². The van der Waals surface area contributed by atoms with E-state index in [9.17, 15) is 0 Å². The molecule has 1 aromatic heterocycles. The number of nitrogens with zero attached hydrogens (tertiary/aromatic N) is 1. The minimum Gasteiger partial charge on any atom is -0.384 e. The predicted octanol–water partition coefficient (Wildman–Crippen LogP) is 8.11. The van der Waals surface area contributed by atoms with Gasteiger partial charge < -0.3 is 5.32 Å². The summed E-state index contributed by atoms with van der Waals surface area (Å²) in [5, 5.41) is 6.17. The van der Waals surface area contributed by atoms with Crippen LogP contribution < -0.4 is 5.32 Å². The Hall–Kier alpha value is -2.09. The maximum absolute atomic E-state index is 4.81. The van der Waals surface area contributed by atoms with Crippen molar-refractivity contribution in [1.29, 1.82) is 0 Å². The Morgan fingerprint density at radius 3 is 1.61 bits per heavy atom. The first kappa shape index (κ1) is 20.6. The molecule has 3 aromatic rings. The highest BCUT2D eigenvalue weighted by atomic mass is 14.9. The van der Waals surface area contributed by atoms with Gasteiger partial charge >= 0.3 is 0 Å². The Bertz CT molecular complexity index is 786. The van der Waals surface area contributed by atoms with Gasteiger partial charge in [0, 0.05) is 17.3 Å². The zero-order valence-corrected chi connectivity index (χ0v) is 17.6. The second-order valence-electron chi connectivity index (χ2n) is 7.98. The summed E-state index contributed by atoms with van der Waals surface area (Å²) in [6.07, 6.45) is 15.2. The van der Waals surface area contributed by atoms with Crippen molar-refractivity contribution in [3.05, 3.63) is 48.5 Å². The monoisotopic (exact) mass is 376 g/mol. The van der Waals surface area contributed by atoms with Crippen LogP contribution in [0.3, 0.4) is 0 Å². The number of pyridine rings is 1. The maximum Gasteiger partial charge on any atom is 0.0730 e. The van der Waals surface area contributed by atoms with Gasteiger partial charge in [0.2, 0.25) is 0 Å². The van der Waals surface area contributed by atoms with E-state index in [1.165, 1.54) is 87.1 Å². The van der Waals surface area contributed by atoms with Crippen LogP contribution in [-0.2, 0) is 0 Å². The quantitative estimate of drug-likeness (QED) is 0.241. The van der Waals surface area contributed by atoms with Crippen LogP contribution in [0.1, 0.15) is 77.6 Å². The molecule has 1 heterocycles. The average molecular weight is 377 g/mol. The molecule has 28 heavy (non-hydrogen) atoms. The molecule has 0 radical (unpaired) electrons. The molecule has 0 atom stereocenters. The van der Waals surface area contributed by atoms with E-state index in [0.29, 0.717) is 0 Å². The van der Waals surface area contributed by atoms with E-state index in [2.05, 4.69) is 60.8 Å². The lowest BCUT2D eigenvalue weighted by Gasteiger charge is -2.13. The van der Waals surface area contributed by atoms with Gasteiger partial charge in [0.15, 0.2) is 0 Å². The number of benzene rings is 2. The smallest absolute Gasteiger partial charge is 0.0730 e. The molecule has 2 heteroatoms. The topological polar surface area (TPSA) is 24.9 Å². The van der Waals surface area contributed by atoms with E-state index in [1.807, 2.05) is 0 Å². The normalized spacial score (nSPS) is 11.3. The summed E-state index contributed by atoms with van der Waals surface area (Å²) < 4.78 is 0. The lowest BCUT2D eigenvalue weighted by molar-refractivity contribution is 0.552. The molecule has 0 aliphatic heterocycles. The van der Waals surface area contributed by atoms with Gasteiger partial charge in [0.25, 0.3) is 0 Å². The van der Waals surface area contributed by atoms with Gasteiger partial charge in [0.05, 0.1) is 16.7 Å². The highest BCUT2D eigenvalue weighted by Crippen LogP contribution is 2.30. The number of hydrogen-bond donors (Lipinski definition) is 1. The van der Waals surface area contributed by atoms with Gasteiger partial charge in [-0.25, -0.2) is 4.98 Å². The first-order valence-electron chi connectivity index (χ1n) is 11.4. The van der Waals surface area contributed by atoms with Gasteiger partial charge in [-0.15, -0.1) is 0 Å². The SMILES string of the molecule is CCCCCCCCCCCCCNc1c2ccccc2nc2ccccc12. The van der Waals surface area contributed by atoms with E-state index in [4.69, 9.17) is 4.98 Å². The zero-order chi connectivity index (χ0) is 19.4. The van der Waals surface area contributed by atoms with Gasteiger partial charge in [0.1, 0.15) is 0 Å². The number of anilines is 1. The van der Waals surface area contributed by atoms with Crippen molar-refractivity contribution in [2.24, 2.45) is 0 Å². The average Bonchev–Trinajstić information content (AvgIpc) is 2.73. The summed E-state index contributed by atoms with van der Waals surface area (Å²) in [5.41, 5.74) is 3.39. The van der Waals surface area contributed by atoms with Crippen LogP contribution >= 0.6 is 0 Å². The Balaban J connectivity index is 1.41. The molecule has 0 saturated heterocycles. The van der Waals surface area contributed by atoms with Gasteiger partial charge in [-0.3, -0.25) is 0 Å². The standard InChI is InChI=1S/C26H36N2/c1-2-3-4-5-6-7-8-9-10-11-16-21-27-26-22-17-12-14-19-24(22)28-25-20-15-13-18-23(25)26/h12-15,17-20H,2-11,16,21H2,1H3,(H,27,28). The lowest BCUT2D eigenvalue weighted by Crippen LogP contribution is -2.03. The highest BCUT2D eigenvalue weighted by Gasteiger charge is 2.07. The molecule has 0 saturated carbocycles. The van der Waals surface area contributed by atoms with Crippen LogP contribution in [-0.4, -0.2) is 11.5 Å². The Labute approximate surface area is 170 Å². The Morgan fingerprint density at radius 1 is 0.607 bits per heavy atom. The first-order chi connectivity index (χ1) is 13.9. The number of nitrogens with one attached hydrogen (secondary N) is 1. The fourth-order valence-corrected chi connectivity index (χ4v) is 4.03. The molecule has 2 aromatic carbocycles. The molecule has 0 aliphatic rings. The number of fused-ring (bicyclic) bond motifs is 2. The summed E-state index contributed by atoms with van der Waals surface area (Å²) in [4.78, 5) is 4.81. The van der Waals surface area contributed by atoms with Crippen molar-refractivity contribution in [3.8, 4) is 0 Å². The van der Waals surface area contributed by atoms with Crippen LogP contribution in [0, 0.1) is 0 Å². The van der Waals surface area contributed by atoms with Crippen LogP contribution in [0.15, 0.2) is 48.5 Å². The Kier molecular flexibility index (Phi) is 8.61. The first-order valence-corrected chi connectivity index (χ1v) is 11.4. The number of rotatable bonds is 13. The van der Waals surface area contributed by atoms with Crippen LogP contribution in [0.25, 0.3) is 21.8 Å². The fraction of sp³-hybridized carbons (Fsp3) is 0.500. The van der Waals surface area contributed by atoms with E-state index in [1.54, 1.807) is 0 Å². The number of unbranched alkanes of at least 4 members (excludes halogenated alkanes) is 10. The molecular formula is C26H36N2. The highest BCUT2D eigenvalue weighted by molar-refractivity contribution is 6.07. The van der Waals surface area contributed by atoms with Crippen molar-refractivity contribution in [1.82, 2.24) is 4.98 Å². The lowest BCUT2D eigenvalue weighted by atomic mass is 10.1. The third-order valence-corrected chi connectivity index (χ3v) is 5.67. The molecule has 0 amide bonds. The van der Waals surface area contributed by atoms with Crippen LogP contribution in [0.5, 0.6) is 0 Å². The minimum atomic E-state index is 1.04. The molecule has 0 unspecified atom stereocenters. The molecular weight excluding hydrogens is 340 g/mol. The van der Waals surface area contributed by atoms with Gasteiger partial charge in [-0.05, 0) is 18.6 Å². The van der Waals surface area contributed by atoms with E-state index in [0.717, 1.165) is 17.6 Å². The number of para-hydroxylation sites is 2. The summed E-state index contributed by atoms with van der Waals surface area (Å²) >= 11 is 0. The molecule has 3 rings (SSSR count). The number of hydrogen-bond acceptors (Lipinski definition) is 2. The molecule has 2 nitrogen and oxygen atoms in total. The van der Waals surface area contributed by atoms with Crippen LogP contribution in [0.4, 0.5) is 5.69 Å². The second kappa shape index (κ2) is 11.7. The van der Waals surface area contributed by atoms with Crippen molar-refractivity contribution in [3.63, 3.8) is 0 Å². The molecule has 1 N–H and O–H groups in total. The molecule has 0 bridgehead atoms. The second-order valence-corrected chi connectivity index (χ2v) is 7.98. The third-order valence-electron chi connectivity index (χ3n) is 5.67. The van der Waals surface area contributed by atoms with Crippen molar-refractivity contribution >= 4 is 27.5 Å². The molecule has 150 valence electrons. The summed E-state index contributed by atoms with van der Waals surface area (Å²) in [5.74, 6) is 0. The number of aromatic nitrogens is 1. The maximum atomic E-state index is 4.81. The molecule has 0 spiro atoms. The zero-order valence-electron chi connectivity index (χ0n) is 17.6. The fourth-order valence-electron chi connectivity index (χ4n) is 4.03. The van der Waals surface area contributed by atoms with E-state index >= 15 is 0 Å². The van der Waals surface area contributed by atoms with E-state index < -0.39 is 0 Å². The van der Waals surface area contributed by atoms with Crippen molar-refractivity contribution in [2.45, 2.75) is 77.6 Å². The minimum absolute atomic E-state index is 1.04.